The van der Waals surface area contributed by atoms with Gasteiger partial charge >= 0.3 is 0 Å². The molecule has 0 N–H and O–H groups in total. The number of amides is 1. The van der Waals surface area contributed by atoms with Gasteiger partial charge in [-0.05, 0) is 76.2 Å². The van der Waals surface area contributed by atoms with Crippen LogP contribution in [0.15, 0.2) is 53.7 Å². The first-order chi connectivity index (χ1) is 14.3. The summed E-state index contributed by atoms with van der Waals surface area (Å²) in [6.45, 7) is 7.93. The first-order valence-corrected chi connectivity index (χ1v) is 10.7. The molecule has 0 aliphatic carbocycles. The maximum absolute atomic E-state index is 13.5. The summed E-state index contributed by atoms with van der Waals surface area (Å²) in [4.78, 5) is 14.6. The van der Waals surface area contributed by atoms with Crippen LogP contribution in [0.4, 0.5) is 8.78 Å². The Morgan fingerprint density at radius 3 is 2.00 bits per heavy atom. The molecule has 0 unspecified atom stereocenters. The van der Waals surface area contributed by atoms with Gasteiger partial charge in [0, 0.05) is 23.3 Å². The van der Waals surface area contributed by atoms with Crippen LogP contribution in [-0.4, -0.2) is 43.4 Å². The van der Waals surface area contributed by atoms with Gasteiger partial charge in [0.05, 0.1) is 5.75 Å². The molecule has 2 aromatic carbocycles. The molecule has 3 rings (SSSR count). The van der Waals surface area contributed by atoms with E-state index in [2.05, 4.69) is 10.2 Å². The van der Waals surface area contributed by atoms with Crippen molar-refractivity contribution in [2.45, 2.75) is 44.9 Å². The number of nitrogens with zero attached hydrogens (tertiary/aromatic N) is 4. The minimum atomic E-state index is -0.357. The van der Waals surface area contributed by atoms with Crippen molar-refractivity contribution in [1.82, 2.24) is 19.7 Å². The standard InChI is InChI=1S/C22H24F2N4OS/c1-14(2)27(15(3)4)20(29)13-30-22-26-25-21(16-5-7-17(23)8-6-16)28(22)19-11-9-18(24)10-12-19/h5-12,14-15H,13H2,1-4H3. The number of rotatable bonds is 7. The van der Waals surface area contributed by atoms with Crippen LogP contribution in [0.3, 0.4) is 0 Å². The maximum atomic E-state index is 13.5. The lowest BCUT2D eigenvalue weighted by molar-refractivity contribution is -0.131. The van der Waals surface area contributed by atoms with E-state index < -0.39 is 0 Å². The number of hydrogen-bond acceptors (Lipinski definition) is 4. The summed E-state index contributed by atoms with van der Waals surface area (Å²) in [5, 5.41) is 9.01. The lowest BCUT2D eigenvalue weighted by Crippen LogP contribution is -2.43. The molecule has 0 fully saturated rings. The van der Waals surface area contributed by atoms with Gasteiger partial charge in [-0.2, -0.15) is 0 Å². The molecule has 30 heavy (non-hydrogen) atoms. The molecular formula is C22H24F2N4OS. The second kappa shape index (κ2) is 9.38. The summed E-state index contributed by atoms with van der Waals surface area (Å²) in [6, 6.07) is 12.0. The Balaban J connectivity index is 1.95. The molecule has 0 bridgehead atoms. The van der Waals surface area contributed by atoms with Crippen molar-refractivity contribution in [2.24, 2.45) is 0 Å². The Hall–Kier alpha value is -2.74. The molecule has 1 amide bonds. The highest BCUT2D eigenvalue weighted by Gasteiger charge is 2.22. The lowest BCUT2D eigenvalue weighted by atomic mass is 10.2. The second-order valence-corrected chi connectivity index (χ2v) is 8.34. The Morgan fingerprint density at radius 1 is 0.933 bits per heavy atom. The van der Waals surface area contributed by atoms with Crippen molar-refractivity contribution in [3.8, 4) is 17.1 Å². The van der Waals surface area contributed by atoms with E-state index in [0.717, 1.165) is 0 Å². The Morgan fingerprint density at radius 2 is 1.47 bits per heavy atom. The van der Waals surface area contributed by atoms with Crippen LogP contribution in [0.25, 0.3) is 17.1 Å². The zero-order valence-electron chi connectivity index (χ0n) is 17.3. The third-order valence-electron chi connectivity index (χ3n) is 4.55. The molecule has 0 saturated heterocycles. The number of carbonyl (C=O) groups is 1. The Bertz CT molecular complexity index is 993. The number of benzene rings is 2. The van der Waals surface area contributed by atoms with Crippen LogP contribution >= 0.6 is 11.8 Å². The lowest BCUT2D eigenvalue weighted by Gasteiger charge is -2.30. The Kier molecular flexibility index (Phi) is 6.87. The van der Waals surface area contributed by atoms with Crippen molar-refractivity contribution in [3.63, 3.8) is 0 Å². The molecule has 5 nitrogen and oxygen atoms in total. The van der Waals surface area contributed by atoms with Crippen LogP contribution in [0.5, 0.6) is 0 Å². The SMILES string of the molecule is CC(C)N(C(=O)CSc1nnc(-c2ccc(F)cc2)n1-c1ccc(F)cc1)C(C)C. The zero-order valence-corrected chi connectivity index (χ0v) is 18.2. The molecule has 0 aliphatic rings. The van der Waals surface area contributed by atoms with Crippen LogP contribution in [0, 0.1) is 11.6 Å². The summed E-state index contributed by atoms with van der Waals surface area (Å²) in [5.41, 5.74) is 1.32. The summed E-state index contributed by atoms with van der Waals surface area (Å²) < 4.78 is 28.6. The maximum Gasteiger partial charge on any atom is 0.233 e. The quantitative estimate of drug-likeness (QED) is 0.498. The monoisotopic (exact) mass is 430 g/mol. The molecule has 158 valence electrons. The Labute approximate surface area is 179 Å². The first kappa shape index (κ1) is 22.0. The van der Waals surface area contributed by atoms with Crippen molar-refractivity contribution < 1.29 is 13.6 Å². The average molecular weight is 431 g/mol. The van der Waals surface area contributed by atoms with Gasteiger partial charge in [0.15, 0.2) is 11.0 Å². The predicted molar refractivity (Wildman–Crippen MR) is 115 cm³/mol. The first-order valence-electron chi connectivity index (χ1n) is 9.69. The van der Waals surface area contributed by atoms with Crippen LogP contribution in [0.1, 0.15) is 27.7 Å². The number of hydrogen-bond donors (Lipinski definition) is 0. The third-order valence-corrected chi connectivity index (χ3v) is 5.46. The molecule has 1 aromatic heterocycles. The second-order valence-electron chi connectivity index (χ2n) is 7.40. The van der Waals surface area contributed by atoms with E-state index in [-0.39, 0.29) is 35.4 Å². The van der Waals surface area contributed by atoms with E-state index >= 15 is 0 Å². The van der Waals surface area contributed by atoms with E-state index in [4.69, 9.17) is 0 Å². The molecule has 0 atom stereocenters. The number of halogens is 2. The molecule has 3 aromatic rings. The summed E-state index contributed by atoms with van der Waals surface area (Å²) in [6.07, 6.45) is 0. The van der Waals surface area contributed by atoms with E-state index in [9.17, 15) is 13.6 Å². The average Bonchev–Trinajstić information content (AvgIpc) is 3.11. The van der Waals surface area contributed by atoms with Gasteiger partial charge in [0.25, 0.3) is 0 Å². The minimum absolute atomic E-state index is 0.00184. The number of aromatic nitrogens is 3. The molecule has 0 aliphatic heterocycles. The predicted octanol–water partition coefficient (Wildman–Crippen LogP) is 4.95. The van der Waals surface area contributed by atoms with Crippen LogP contribution in [0.2, 0.25) is 0 Å². The highest BCUT2D eigenvalue weighted by Crippen LogP contribution is 2.28. The van der Waals surface area contributed by atoms with Crippen LogP contribution in [-0.2, 0) is 4.79 Å². The summed E-state index contributed by atoms with van der Waals surface area (Å²) >= 11 is 1.27. The molecule has 0 saturated carbocycles. The van der Waals surface area contributed by atoms with E-state index in [1.165, 1.54) is 36.0 Å². The topological polar surface area (TPSA) is 51.0 Å². The van der Waals surface area contributed by atoms with Gasteiger partial charge in [-0.3, -0.25) is 9.36 Å². The highest BCUT2D eigenvalue weighted by atomic mass is 32.2. The fourth-order valence-corrected chi connectivity index (χ4v) is 4.17. The fraction of sp³-hybridized carbons (Fsp3) is 0.318. The van der Waals surface area contributed by atoms with Gasteiger partial charge in [-0.1, -0.05) is 11.8 Å². The van der Waals surface area contributed by atoms with Gasteiger partial charge in [-0.25, -0.2) is 8.78 Å². The normalized spacial score (nSPS) is 11.3. The van der Waals surface area contributed by atoms with Crippen molar-refractivity contribution >= 4 is 17.7 Å². The van der Waals surface area contributed by atoms with Gasteiger partial charge in [-0.15, -0.1) is 10.2 Å². The smallest absolute Gasteiger partial charge is 0.233 e. The number of thioether (sulfide) groups is 1. The molecule has 0 spiro atoms. The highest BCUT2D eigenvalue weighted by molar-refractivity contribution is 7.99. The fourth-order valence-electron chi connectivity index (χ4n) is 3.35. The van der Waals surface area contributed by atoms with Gasteiger partial charge in [0.2, 0.25) is 5.91 Å². The van der Waals surface area contributed by atoms with E-state index in [0.29, 0.717) is 22.2 Å². The number of carbonyl (C=O) groups excluding carboxylic acids is 1. The summed E-state index contributed by atoms with van der Waals surface area (Å²) in [7, 11) is 0. The summed E-state index contributed by atoms with van der Waals surface area (Å²) in [5.74, 6) is -0.0273. The zero-order chi connectivity index (χ0) is 21.8. The van der Waals surface area contributed by atoms with Crippen molar-refractivity contribution in [2.75, 3.05) is 5.75 Å². The minimum Gasteiger partial charge on any atom is -0.337 e. The molecular weight excluding hydrogens is 406 g/mol. The molecule has 1 heterocycles. The largest absolute Gasteiger partial charge is 0.337 e. The molecule has 8 heteroatoms. The third kappa shape index (κ3) is 4.87. The van der Waals surface area contributed by atoms with Crippen LogP contribution < -0.4 is 0 Å². The van der Waals surface area contributed by atoms with Crippen molar-refractivity contribution in [3.05, 3.63) is 60.2 Å². The van der Waals surface area contributed by atoms with Gasteiger partial charge < -0.3 is 4.90 Å². The van der Waals surface area contributed by atoms with Crippen molar-refractivity contribution in [1.29, 1.82) is 0 Å². The van der Waals surface area contributed by atoms with E-state index in [1.807, 2.05) is 32.6 Å². The van der Waals surface area contributed by atoms with E-state index in [1.54, 1.807) is 28.8 Å². The molecule has 0 radical (unpaired) electrons. The van der Waals surface area contributed by atoms with Gasteiger partial charge in [0.1, 0.15) is 11.6 Å².